The number of nitriles is 1. The minimum Gasteiger partial charge on any atom is -0.542 e. The van der Waals surface area contributed by atoms with Gasteiger partial charge in [0.05, 0.1) is 30.3 Å². The van der Waals surface area contributed by atoms with Crippen LogP contribution in [-0.4, -0.2) is 29.7 Å². The molecule has 0 aliphatic carbocycles. The molecule has 0 bridgehead atoms. The van der Waals surface area contributed by atoms with Crippen molar-refractivity contribution in [3.63, 3.8) is 0 Å². The van der Waals surface area contributed by atoms with E-state index in [9.17, 15) is 23.2 Å². The van der Waals surface area contributed by atoms with Crippen LogP contribution in [0.3, 0.4) is 0 Å². The lowest BCUT2D eigenvalue weighted by Crippen LogP contribution is -2.37. The number of nitrogens with one attached hydrogen (secondary N) is 1. The lowest BCUT2D eigenvalue weighted by atomic mass is 9.99. The molecule has 0 aliphatic heterocycles. The molecule has 3 aromatic carbocycles. The van der Waals surface area contributed by atoms with Gasteiger partial charge in [-0.3, -0.25) is 4.79 Å². The lowest BCUT2D eigenvalue weighted by Gasteiger charge is -2.20. The van der Waals surface area contributed by atoms with Crippen molar-refractivity contribution in [2.75, 3.05) is 7.11 Å². The fourth-order valence-corrected chi connectivity index (χ4v) is 4.63. The fourth-order valence-electron chi connectivity index (χ4n) is 4.63. The molecule has 0 radical (unpaired) electrons. The number of alkyl halides is 3. The minimum absolute atomic E-state index is 0.197. The van der Waals surface area contributed by atoms with Crippen LogP contribution in [0.4, 0.5) is 13.2 Å². The maximum atomic E-state index is 13.9. The average Bonchev–Trinajstić information content (AvgIpc) is 3.39. The molecule has 1 atom stereocenters. The summed E-state index contributed by atoms with van der Waals surface area (Å²) in [6.07, 6.45) is -1.25. The van der Waals surface area contributed by atoms with E-state index in [4.69, 9.17) is 14.6 Å². The molecular formula is C33H27F3N4O4. The molecule has 44 heavy (non-hydrogen) atoms. The number of carboxylic acids is 1. The molecule has 1 unspecified atom stereocenters. The number of carboxylic acid groups (broad SMARTS) is 1. The molecule has 0 fully saturated rings. The number of hydrogen-bond acceptors (Lipinski definition) is 5. The number of methoxy groups -OCH3 is 1. The minimum atomic E-state index is -5.19. The number of carbonyl (C=O) groups excluding carboxylic acids is 2. The van der Waals surface area contributed by atoms with Crippen molar-refractivity contribution in [3.8, 4) is 11.8 Å². The molecule has 0 saturated heterocycles. The van der Waals surface area contributed by atoms with Gasteiger partial charge >= 0.3 is 6.18 Å². The summed E-state index contributed by atoms with van der Waals surface area (Å²) in [6.45, 7) is 0.437. The zero-order valence-electron chi connectivity index (χ0n) is 23.7. The van der Waals surface area contributed by atoms with E-state index in [2.05, 4.69) is 11.4 Å². The van der Waals surface area contributed by atoms with Gasteiger partial charge in [-0.05, 0) is 47.0 Å². The third-order valence-electron chi connectivity index (χ3n) is 6.73. The predicted molar refractivity (Wildman–Crippen MR) is 153 cm³/mol. The number of aryl methyl sites for hydroxylation is 1. The Kier molecular flexibility index (Phi) is 9.65. The second-order valence-electron chi connectivity index (χ2n) is 9.72. The second kappa shape index (κ2) is 13.6. The van der Waals surface area contributed by atoms with Gasteiger partial charge in [-0.2, -0.15) is 18.4 Å². The third-order valence-corrected chi connectivity index (χ3v) is 6.73. The van der Waals surface area contributed by atoms with Crippen LogP contribution in [0.15, 0.2) is 103 Å². The summed E-state index contributed by atoms with van der Waals surface area (Å²) in [4.78, 5) is 22.7. The first-order valence-corrected chi connectivity index (χ1v) is 13.3. The number of aromatic nitrogens is 2. The highest BCUT2D eigenvalue weighted by Crippen LogP contribution is 2.30. The Labute approximate surface area is 251 Å². The van der Waals surface area contributed by atoms with E-state index in [1.807, 2.05) is 114 Å². The van der Waals surface area contributed by atoms with Crippen molar-refractivity contribution in [1.82, 2.24) is 9.88 Å². The molecule has 5 aromatic rings. The molecule has 11 heteroatoms. The van der Waals surface area contributed by atoms with Crippen molar-refractivity contribution in [2.24, 2.45) is 7.05 Å². The van der Waals surface area contributed by atoms with E-state index in [0.717, 1.165) is 27.6 Å². The third kappa shape index (κ3) is 7.41. The van der Waals surface area contributed by atoms with E-state index in [1.54, 1.807) is 13.2 Å². The van der Waals surface area contributed by atoms with Crippen molar-refractivity contribution in [2.45, 2.75) is 18.8 Å². The van der Waals surface area contributed by atoms with Crippen LogP contribution < -0.4 is 19.7 Å². The second-order valence-corrected chi connectivity index (χ2v) is 9.72. The quantitative estimate of drug-likeness (QED) is 0.282. The van der Waals surface area contributed by atoms with Crippen molar-refractivity contribution in [1.29, 1.82) is 5.26 Å². The Balaban J connectivity index is 0.000000566. The van der Waals surface area contributed by atoms with Gasteiger partial charge in [0.25, 0.3) is 5.91 Å². The van der Waals surface area contributed by atoms with E-state index in [1.165, 1.54) is 0 Å². The van der Waals surface area contributed by atoms with Gasteiger partial charge in [0.15, 0.2) is 12.4 Å². The highest BCUT2D eigenvalue weighted by Gasteiger charge is 2.29. The molecule has 224 valence electrons. The van der Waals surface area contributed by atoms with E-state index in [0.29, 0.717) is 23.6 Å². The number of rotatable bonds is 7. The fraction of sp³-hybridized carbons (Fsp3) is 0.152. The standard InChI is InChI=1S/C31H26N4O2.C2HF3O2/c1-34-16-14-25(15-17-34)30(24-10-4-3-5-11-24)33-31(36)28-19-26-27(12-7-13-29(26)37-2)35(28)21-23-9-6-8-22(18-23)20-32;3-2(4,5)1(6)7/h3-19,30H,21H2,1-2H3;(H,6,7). The number of hydrogen-bond donors (Lipinski definition) is 1. The number of benzene rings is 3. The van der Waals surface area contributed by atoms with Gasteiger partial charge in [0, 0.05) is 24.1 Å². The van der Waals surface area contributed by atoms with Crippen LogP contribution in [0.2, 0.25) is 0 Å². The van der Waals surface area contributed by atoms with Crippen LogP contribution in [0.5, 0.6) is 5.75 Å². The number of fused-ring (bicyclic) bond motifs is 1. The SMILES string of the molecule is COc1cccc2c1cc(C(=O)NC(c1ccccc1)c1cc[n+](C)cc1)n2Cc1cccc(C#N)c1.O=C([O-])C(F)(F)F. The molecule has 1 N–H and O–H groups in total. The highest BCUT2D eigenvalue weighted by molar-refractivity contribution is 6.01. The zero-order valence-corrected chi connectivity index (χ0v) is 23.7. The molecule has 2 heterocycles. The van der Waals surface area contributed by atoms with Gasteiger partial charge in [-0.25, -0.2) is 4.57 Å². The number of aliphatic carboxylic acids is 1. The molecular weight excluding hydrogens is 573 g/mol. The molecule has 1 amide bonds. The van der Waals surface area contributed by atoms with Crippen molar-refractivity contribution < 1.29 is 37.2 Å². The van der Waals surface area contributed by atoms with E-state index < -0.39 is 12.1 Å². The number of halogens is 3. The summed E-state index contributed by atoms with van der Waals surface area (Å²) in [5, 5.41) is 22.3. The number of carbonyl (C=O) groups is 2. The van der Waals surface area contributed by atoms with Crippen LogP contribution in [-0.2, 0) is 18.4 Å². The van der Waals surface area contributed by atoms with Gasteiger partial charge in [0.1, 0.15) is 24.5 Å². The van der Waals surface area contributed by atoms with E-state index in [-0.39, 0.29) is 11.9 Å². The Morgan fingerprint density at radius 3 is 2.23 bits per heavy atom. The van der Waals surface area contributed by atoms with Crippen molar-refractivity contribution >= 4 is 22.8 Å². The molecule has 5 rings (SSSR count). The number of amides is 1. The van der Waals surface area contributed by atoms with Gasteiger partial charge in [0.2, 0.25) is 0 Å². The number of ether oxygens (including phenoxy) is 1. The largest absolute Gasteiger partial charge is 0.542 e. The Hall–Kier alpha value is -5.63. The topological polar surface area (TPSA) is 111 Å². The van der Waals surface area contributed by atoms with E-state index >= 15 is 0 Å². The first kappa shape index (κ1) is 31.3. The first-order chi connectivity index (χ1) is 21.0. The monoisotopic (exact) mass is 600 g/mol. The normalized spacial score (nSPS) is 11.5. The smallest absolute Gasteiger partial charge is 0.430 e. The van der Waals surface area contributed by atoms with Crippen LogP contribution >= 0.6 is 0 Å². The Bertz CT molecular complexity index is 1810. The molecule has 8 nitrogen and oxygen atoms in total. The van der Waals surface area contributed by atoms with Gasteiger partial charge in [-0.1, -0.05) is 48.5 Å². The summed E-state index contributed by atoms with van der Waals surface area (Å²) in [5.74, 6) is -2.50. The summed E-state index contributed by atoms with van der Waals surface area (Å²) in [5.41, 5.74) is 4.90. The zero-order chi connectivity index (χ0) is 31.9. The summed E-state index contributed by atoms with van der Waals surface area (Å²) in [7, 11) is 3.59. The lowest BCUT2D eigenvalue weighted by molar-refractivity contribution is -0.671. The molecule has 0 saturated carbocycles. The average molecular weight is 601 g/mol. The molecule has 0 spiro atoms. The number of pyridine rings is 1. The maximum absolute atomic E-state index is 13.9. The van der Waals surface area contributed by atoms with Crippen LogP contribution in [0, 0.1) is 11.3 Å². The summed E-state index contributed by atoms with van der Waals surface area (Å²) in [6, 6.07) is 31.0. The Morgan fingerprint density at radius 1 is 0.977 bits per heavy atom. The summed E-state index contributed by atoms with van der Waals surface area (Å²) < 4.78 is 41.1. The van der Waals surface area contributed by atoms with Gasteiger partial charge < -0.3 is 24.5 Å². The Morgan fingerprint density at radius 2 is 1.61 bits per heavy atom. The molecule has 0 aliphatic rings. The highest BCUT2D eigenvalue weighted by atomic mass is 19.4. The first-order valence-electron chi connectivity index (χ1n) is 13.3. The number of nitrogens with zero attached hydrogens (tertiary/aromatic N) is 3. The van der Waals surface area contributed by atoms with Gasteiger partial charge in [-0.15, -0.1) is 0 Å². The maximum Gasteiger partial charge on any atom is 0.430 e. The predicted octanol–water partition coefficient (Wildman–Crippen LogP) is 4.21. The van der Waals surface area contributed by atoms with Crippen molar-refractivity contribution in [3.05, 3.63) is 131 Å². The van der Waals surface area contributed by atoms with Crippen LogP contribution in [0.25, 0.3) is 10.9 Å². The summed E-state index contributed by atoms with van der Waals surface area (Å²) >= 11 is 0. The molecule has 2 aromatic heterocycles. The van der Waals surface area contributed by atoms with Crippen LogP contribution in [0.1, 0.15) is 38.8 Å².